The second kappa shape index (κ2) is 6.49. The van der Waals surface area contributed by atoms with Crippen LogP contribution in [0.5, 0.6) is 0 Å². The molecule has 1 aromatic rings. The lowest BCUT2D eigenvalue weighted by molar-refractivity contribution is 0.0599. The monoisotopic (exact) mass is 254 g/mol. The third kappa shape index (κ3) is 3.63. The summed E-state index contributed by atoms with van der Waals surface area (Å²) >= 11 is 1.80. The van der Waals surface area contributed by atoms with Crippen LogP contribution in [0.25, 0.3) is 0 Å². The normalized spacial score (nSPS) is 10.1. The summed E-state index contributed by atoms with van der Waals surface area (Å²) in [7, 11) is 3.37. The number of hydrogen-bond acceptors (Lipinski definition) is 5. The predicted octanol–water partition coefficient (Wildman–Crippen LogP) is 1.98. The third-order valence-corrected chi connectivity index (χ3v) is 3.09. The number of ether oxygens (including phenoxy) is 1. The lowest BCUT2D eigenvalue weighted by Crippen LogP contribution is -2.22. The van der Waals surface area contributed by atoms with Gasteiger partial charge in [-0.3, -0.25) is 0 Å². The zero-order valence-electron chi connectivity index (χ0n) is 10.7. The zero-order valence-corrected chi connectivity index (χ0v) is 11.5. The number of rotatable bonds is 5. The maximum absolute atomic E-state index is 11.4. The first-order valence-corrected chi connectivity index (χ1v) is 6.75. The number of pyridine rings is 1. The Hall–Kier alpha value is -1.23. The van der Waals surface area contributed by atoms with Gasteiger partial charge in [0.1, 0.15) is 5.82 Å². The van der Waals surface area contributed by atoms with E-state index in [1.54, 1.807) is 17.8 Å². The zero-order chi connectivity index (χ0) is 12.8. The molecule has 0 saturated carbocycles. The van der Waals surface area contributed by atoms with E-state index in [0.29, 0.717) is 11.3 Å². The van der Waals surface area contributed by atoms with E-state index in [2.05, 4.69) is 20.9 Å². The van der Waals surface area contributed by atoms with Gasteiger partial charge in [0, 0.05) is 19.3 Å². The number of anilines is 1. The topological polar surface area (TPSA) is 42.4 Å². The molecule has 0 fully saturated rings. The van der Waals surface area contributed by atoms with Crippen molar-refractivity contribution >= 4 is 23.5 Å². The summed E-state index contributed by atoms with van der Waals surface area (Å²) in [6, 6.07) is 3.61. The van der Waals surface area contributed by atoms with E-state index >= 15 is 0 Å². The van der Waals surface area contributed by atoms with Crippen molar-refractivity contribution in [1.29, 1.82) is 0 Å². The molecule has 0 saturated heterocycles. The molecule has 0 bridgehead atoms. The van der Waals surface area contributed by atoms with Crippen molar-refractivity contribution < 1.29 is 9.53 Å². The molecule has 0 aliphatic rings. The van der Waals surface area contributed by atoms with Crippen molar-refractivity contribution in [3.8, 4) is 0 Å². The van der Waals surface area contributed by atoms with Crippen LogP contribution in [0.3, 0.4) is 0 Å². The number of carbonyl (C=O) groups excluding carboxylic acids is 1. The van der Waals surface area contributed by atoms with Gasteiger partial charge in [-0.2, -0.15) is 11.8 Å². The van der Waals surface area contributed by atoms with Gasteiger partial charge in [-0.15, -0.1) is 0 Å². The van der Waals surface area contributed by atoms with Crippen molar-refractivity contribution in [2.24, 2.45) is 0 Å². The summed E-state index contributed by atoms with van der Waals surface area (Å²) in [5.74, 6) is 1.59. The molecular formula is C12H18N2O2S. The Morgan fingerprint density at radius 3 is 2.76 bits per heavy atom. The van der Waals surface area contributed by atoms with Crippen LogP contribution in [-0.4, -0.2) is 43.7 Å². The number of carbonyl (C=O) groups is 1. The second-order valence-corrected chi connectivity index (χ2v) is 4.69. The summed E-state index contributed by atoms with van der Waals surface area (Å²) in [6.07, 6.45) is 2.08. The fraction of sp³-hybridized carbons (Fsp3) is 0.500. The molecule has 0 aliphatic heterocycles. The highest BCUT2D eigenvalue weighted by atomic mass is 32.2. The van der Waals surface area contributed by atoms with Crippen LogP contribution in [0.4, 0.5) is 5.82 Å². The Kier molecular flexibility index (Phi) is 5.28. The van der Waals surface area contributed by atoms with Crippen LogP contribution >= 0.6 is 11.8 Å². The number of esters is 1. The molecule has 1 rings (SSSR count). The Balaban J connectivity index is 2.84. The quantitative estimate of drug-likeness (QED) is 0.752. The molecule has 0 spiro atoms. The molecule has 17 heavy (non-hydrogen) atoms. The molecule has 1 heterocycles. The SMILES string of the molecule is COC(=O)c1ccc(N(C)CCSC)nc1C. The second-order valence-electron chi connectivity index (χ2n) is 3.71. The van der Waals surface area contributed by atoms with Crippen LogP contribution in [0.1, 0.15) is 16.1 Å². The first-order chi connectivity index (χ1) is 8.10. The van der Waals surface area contributed by atoms with E-state index in [0.717, 1.165) is 18.1 Å². The van der Waals surface area contributed by atoms with Crippen LogP contribution in [0.2, 0.25) is 0 Å². The predicted molar refractivity (Wildman–Crippen MR) is 72.0 cm³/mol. The highest BCUT2D eigenvalue weighted by molar-refractivity contribution is 7.98. The molecule has 4 nitrogen and oxygen atoms in total. The maximum Gasteiger partial charge on any atom is 0.339 e. The number of nitrogens with zero attached hydrogens (tertiary/aromatic N) is 2. The lowest BCUT2D eigenvalue weighted by Gasteiger charge is -2.18. The first-order valence-electron chi connectivity index (χ1n) is 5.36. The van der Waals surface area contributed by atoms with Crippen molar-refractivity contribution in [2.75, 3.05) is 37.6 Å². The van der Waals surface area contributed by atoms with Crippen molar-refractivity contribution in [2.45, 2.75) is 6.92 Å². The molecular weight excluding hydrogens is 236 g/mol. The molecule has 0 unspecified atom stereocenters. The van der Waals surface area contributed by atoms with Crippen molar-refractivity contribution in [3.05, 3.63) is 23.4 Å². The van der Waals surface area contributed by atoms with E-state index < -0.39 is 0 Å². The third-order valence-electron chi connectivity index (χ3n) is 2.50. The average molecular weight is 254 g/mol. The minimum Gasteiger partial charge on any atom is -0.465 e. The van der Waals surface area contributed by atoms with Crippen LogP contribution in [-0.2, 0) is 4.74 Å². The Labute approximate surface area is 106 Å². The van der Waals surface area contributed by atoms with Gasteiger partial charge < -0.3 is 9.64 Å². The van der Waals surface area contributed by atoms with Gasteiger partial charge in [-0.1, -0.05) is 0 Å². The number of hydrogen-bond donors (Lipinski definition) is 0. The summed E-state index contributed by atoms with van der Waals surface area (Å²) in [5.41, 5.74) is 1.22. The Bertz CT molecular complexity index is 396. The van der Waals surface area contributed by atoms with Crippen LogP contribution < -0.4 is 4.90 Å². The van der Waals surface area contributed by atoms with E-state index in [1.807, 2.05) is 20.0 Å². The van der Waals surface area contributed by atoms with Gasteiger partial charge in [0.25, 0.3) is 0 Å². The molecule has 0 N–H and O–H groups in total. The molecule has 0 aliphatic carbocycles. The molecule has 0 atom stereocenters. The Morgan fingerprint density at radius 1 is 1.53 bits per heavy atom. The Morgan fingerprint density at radius 2 is 2.24 bits per heavy atom. The van der Waals surface area contributed by atoms with Gasteiger partial charge in [0.05, 0.1) is 18.4 Å². The van der Waals surface area contributed by atoms with Crippen molar-refractivity contribution in [1.82, 2.24) is 4.98 Å². The van der Waals surface area contributed by atoms with E-state index in [4.69, 9.17) is 0 Å². The van der Waals surface area contributed by atoms with Gasteiger partial charge in [0.15, 0.2) is 0 Å². The number of methoxy groups -OCH3 is 1. The van der Waals surface area contributed by atoms with Gasteiger partial charge in [0.2, 0.25) is 0 Å². The standard InChI is InChI=1S/C12H18N2O2S/c1-9-10(12(15)16-3)5-6-11(13-9)14(2)7-8-17-4/h5-6H,7-8H2,1-4H3. The van der Waals surface area contributed by atoms with Gasteiger partial charge >= 0.3 is 5.97 Å². The fourth-order valence-electron chi connectivity index (χ4n) is 1.43. The summed E-state index contributed by atoms with van der Waals surface area (Å²) in [6.45, 7) is 2.75. The van der Waals surface area contributed by atoms with Crippen LogP contribution in [0.15, 0.2) is 12.1 Å². The molecule has 0 radical (unpaired) electrons. The molecule has 94 valence electrons. The van der Waals surface area contributed by atoms with Gasteiger partial charge in [-0.05, 0) is 25.3 Å². The molecule has 0 aromatic carbocycles. The minimum absolute atomic E-state index is 0.340. The molecule has 1 aromatic heterocycles. The number of thioether (sulfide) groups is 1. The maximum atomic E-state index is 11.4. The average Bonchev–Trinajstić information content (AvgIpc) is 2.34. The van der Waals surface area contributed by atoms with Crippen molar-refractivity contribution in [3.63, 3.8) is 0 Å². The minimum atomic E-state index is -0.340. The lowest BCUT2D eigenvalue weighted by atomic mass is 10.2. The summed E-state index contributed by atoms with van der Waals surface area (Å²) in [5, 5.41) is 0. The molecule has 5 heteroatoms. The highest BCUT2D eigenvalue weighted by Crippen LogP contribution is 2.14. The highest BCUT2D eigenvalue weighted by Gasteiger charge is 2.11. The van der Waals surface area contributed by atoms with Gasteiger partial charge in [-0.25, -0.2) is 9.78 Å². The van der Waals surface area contributed by atoms with Crippen LogP contribution in [0, 0.1) is 6.92 Å². The smallest absolute Gasteiger partial charge is 0.339 e. The van der Waals surface area contributed by atoms with E-state index in [9.17, 15) is 4.79 Å². The van der Waals surface area contributed by atoms with E-state index in [-0.39, 0.29) is 5.97 Å². The molecule has 0 amide bonds. The summed E-state index contributed by atoms with van der Waals surface area (Å²) in [4.78, 5) is 17.9. The number of aromatic nitrogens is 1. The first kappa shape index (κ1) is 13.8. The fourth-order valence-corrected chi connectivity index (χ4v) is 1.89. The number of aryl methyl sites for hydroxylation is 1. The van der Waals surface area contributed by atoms with E-state index in [1.165, 1.54) is 7.11 Å². The summed E-state index contributed by atoms with van der Waals surface area (Å²) < 4.78 is 4.69. The largest absolute Gasteiger partial charge is 0.465 e.